The van der Waals surface area contributed by atoms with Crippen LogP contribution in [0.3, 0.4) is 0 Å². The fraction of sp³-hybridized carbons (Fsp3) is 0.188. The molecule has 0 spiro atoms. The first-order chi connectivity index (χ1) is 10.0. The lowest BCUT2D eigenvalue weighted by atomic mass is 10.1. The molecule has 0 amide bonds. The van der Waals surface area contributed by atoms with E-state index in [1.54, 1.807) is 6.07 Å². The van der Waals surface area contributed by atoms with E-state index in [1.165, 1.54) is 25.3 Å². The fourth-order valence-electron chi connectivity index (χ4n) is 2.05. The molecular weight excluding hydrogens is 273 g/mol. The number of aryl methyl sites for hydroxylation is 1. The minimum atomic E-state index is -1.08. The van der Waals surface area contributed by atoms with Gasteiger partial charge in [-0.1, -0.05) is 18.2 Å². The van der Waals surface area contributed by atoms with Gasteiger partial charge in [-0.2, -0.15) is 0 Å². The van der Waals surface area contributed by atoms with E-state index in [0.29, 0.717) is 11.3 Å². The van der Waals surface area contributed by atoms with Crippen LogP contribution in [-0.4, -0.2) is 18.2 Å². The van der Waals surface area contributed by atoms with Gasteiger partial charge in [-0.05, 0) is 42.3 Å². The summed E-state index contributed by atoms with van der Waals surface area (Å²) in [5, 5.41) is 12.3. The number of carbonyl (C=O) groups is 1. The molecule has 0 aliphatic carbocycles. The molecule has 0 saturated heterocycles. The van der Waals surface area contributed by atoms with E-state index in [4.69, 9.17) is 4.74 Å². The van der Waals surface area contributed by atoms with Gasteiger partial charge in [0.2, 0.25) is 0 Å². The first-order valence-electron chi connectivity index (χ1n) is 6.40. The Labute approximate surface area is 122 Å². The highest BCUT2D eigenvalue weighted by atomic mass is 19.1. The van der Waals surface area contributed by atoms with Crippen LogP contribution in [-0.2, 0) is 4.79 Å². The van der Waals surface area contributed by atoms with Crippen LogP contribution in [0.2, 0.25) is 0 Å². The number of hydrogen-bond donors (Lipinski definition) is 2. The third kappa shape index (κ3) is 3.51. The number of aliphatic carboxylic acids is 1. The summed E-state index contributed by atoms with van der Waals surface area (Å²) in [6.45, 7) is 1.91. The highest BCUT2D eigenvalue weighted by Crippen LogP contribution is 2.25. The van der Waals surface area contributed by atoms with E-state index in [9.17, 15) is 14.3 Å². The Morgan fingerprint density at radius 3 is 2.62 bits per heavy atom. The van der Waals surface area contributed by atoms with Crippen LogP contribution in [0.4, 0.5) is 10.1 Å². The Bertz CT molecular complexity index is 658. The van der Waals surface area contributed by atoms with E-state index in [2.05, 4.69) is 5.32 Å². The lowest BCUT2D eigenvalue weighted by molar-refractivity contribution is -0.138. The highest BCUT2D eigenvalue weighted by molar-refractivity contribution is 5.79. The van der Waals surface area contributed by atoms with Gasteiger partial charge in [0, 0.05) is 5.69 Å². The van der Waals surface area contributed by atoms with E-state index in [0.717, 1.165) is 5.56 Å². The van der Waals surface area contributed by atoms with Gasteiger partial charge in [-0.25, -0.2) is 9.18 Å². The maximum atomic E-state index is 13.7. The van der Waals surface area contributed by atoms with Crippen LogP contribution < -0.4 is 10.1 Å². The van der Waals surface area contributed by atoms with Gasteiger partial charge in [-0.3, -0.25) is 0 Å². The van der Waals surface area contributed by atoms with Crippen LogP contribution in [0.15, 0.2) is 42.5 Å². The summed E-state index contributed by atoms with van der Waals surface area (Å²) in [4.78, 5) is 11.4. The van der Waals surface area contributed by atoms with Gasteiger partial charge < -0.3 is 15.2 Å². The Balaban J connectivity index is 2.31. The predicted molar refractivity (Wildman–Crippen MR) is 78.1 cm³/mol. The molecule has 1 unspecified atom stereocenters. The second-order valence-corrected chi connectivity index (χ2v) is 4.68. The average molecular weight is 289 g/mol. The lowest BCUT2D eigenvalue weighted by Crippen LogP contribution is -2.20. The Kier molecular flexibility index (Phi) is 4.42. The summed E-state index contributed by atoms with van der Waals surface area (Å²) >= 11 is 0. The van der Waals surface area contributed by atoms with Gasteiger partial charge in [0.25, 0.3) is 0 Å². The summed E-state index contributed by atoms with van der Waals surface area (Å²) < 4.78 is 18.6. The van der Waals surface area contributed by atoms with Crippen LogP contribution in [0.1, 0.15) is 17.2 Å². The minimum absolute atomic E-state index is 0.0819. The van der Waals surface area contributed by atoms with E-state index < -0.39 is 17.8 Å². The minimum Gasteiger partial charge on any atom is -0.494 e. The standard InChI is InChI=1S/C16H16FNO3/c1-10-4-3-5-12(8-10)18-15(16(19)20)11-6-7-14(21-2)13(17)9-11/h3-9,15,18H,1-2H3,(H,19,20). The van der Waals surface area contributed by atoms with Crippen molar-refractivity contribution < 1.29 is 19.0 Å². The van der Waals surface area contributed by atoms with Gasteiger partial charge in [-0.15, -0.1) is 0 Å². The number of rotatable bonds is 5. The summed E-state index contributed by atoms with van der Waals surface area (Å²) in [7, 11) is 1.36. The molecule has 2 aromatic rings. The summed E-state index contributed by atoms with van der Waals surface area (Å²) in [6, 6.07) is 10.4. The highest BCUT2D eigenvalue weighted by Gasteiger charge is 2.21. The molecule has 5 heteroatoms. The van der Waals surface area contributed by atoms with Crippen LogP contribution in [0.5, 0.6) is 5.75 Å². The van der Waals surface area contributed by atoms with Crippen molar-refractivity contribution in [3.63, 3.8) is 0 Å². The quantitative estimate of drug-likeness (QED) is 0.886. The van der Waals surface area contributed by atoms with Gasteiger partial charge in [0.1, 0.15) is 0 Å². The van der Waals surface area contributed by atoms with Crippen LogP contribution in [0.25, 0.3) is 0 Å². The van der Waals surface area contributed by atoms with Crippen LogP contribution >= 0.6 is 0 Å². The number of hydrogen-bond acceptors (Lipinski definition) is 3. The molecule has 0 heterocycles. The lowest BCUT2D eigenvalue weighted by Gasteiger charge is -2.17. The number of halogens is 1. The number of nitrogens with one attached hydrogen (secondary N) is 1. The first kappa shape index (κ1) is 14.8. The molecule has 2 rings (SSSR count). The van der Waals surface area contributed by atoms with Gasteiger partial charge in [0.15, 0.2) is 17.6 Å². The van der Waals surface area contributed by atoms with Gasteiger partial charge >= 0.3 is 5.97 Å². The van der Waals surface area contributed by atoms with E-state index in [-0.39, 0.29) is 5.75 Å². The van der Waals surface area contributed by atoms with Crippen molar-refractivity contribution in [1.82, 2.24) is 0 Å². The zero-order valence-electron chi connectivity index (χ0n) is 11.8. The molecule has 0 bridgehead atoms. The normalized spacial score (nSPS) is 11.8. The zero-order valence-corrected chi connectivity index (χ0v) is 11.8. The van der Waals surface area contributed by atoms with Crippen molar-refractivity contribution in [1.29, 1.82) is 0 Å². The molecule has 0 fully saturated rings. The van der Waals surface area contributed by atoms with Crippen molar-refractivity contribution in [2.24, 2.45) is 0 Å². The molecule has 0 aromatic heterocycles. The average Bonchev–Trinajstić information content (AvgIpc) is 2.44. The molecule has 21 heavy (non-hydrogen) atoms. The summed E-state index contributed by atoms with van der Waals surface area (Å²) in [5.74, 6) is -1.59. The second kappa shape index (κ2) is 6.26. The molecule has 0 saturated carbocycles. The molecular formula is C16H16FNO3. The zero-order chi connectivity index (χ0) is 15.4. The van der Waals surface area contributed by atoms with E-state index >= 15 is 0 Å². The first-order valence-corrected chi connectivity index (χ1v) is 6.40. The molecule has 4 nitrogen and oxygen atoms in total. The van der Waals surface area contributed by atoms with Crippen molar-refractivity contribution >= 4 is 11.7 Å². The van der Waals surface area contributed by atoms with Crippen molar-refractivity contribution in [2.75, 3.05) is 12.4 Å². The number of methoxy groups -OCH3 is 1. The van der Waals surface area contributed by atoms with Crippen molar-refractivity contribution in [3.05, 3.63) is 59.4 Å². The molecule has 110 valence electrons. The molecule has 2 N–H and O–H groups in total. The maximum Gasteiger partial charge on any atom is 0.330 e. The maximum absolute atomic E-state index is 13.7. The van der Waals surface area contributed by atoms with Crippen molar-refractivity contribution in [3.8, 4) is 5.75 Å². The number of carboxylic acids is 1. The topological polar surface area (TPSA) is 58.6 Å². The Hall–Kier alpha value is -2.56. The van der Waals surface area contributed by atoms with Gasteiger partial charge in [0.05, 0.1) is 7.11 Å². The number of benzene rings is 2. The monoisotopic (exact) mass is 289 g/mol. The molecule has 1 atom stereocenters. The van der Waals surface area contributed by atoms with Crippen molar-refractivity contribution in [2.45, 2.75) is 13.0 Å². The third-order valence-electron chi connectivity index (χ3n) is 3.09. The molecule has 0 aliphatic heterocycles. The fourth-order valence-corrected chi connectivity index (χ4v) is 2.05. The Morgan fingerprint density at radius 2 is 2.05 bits per heavy atom. The molecule has 0 radical (unpaired) electrons. The largest absolute Gasteiger partial charge is 0.494 e. The Morgan fingerprint density at radius 1 is 1.29 bits per heavy atom. The summed E-state index contributed by atoms with van der Waals surface area (Å²) in [5.41, 5.74) is 1.99. The molecule has 0 aliphatic rings. The third-order valence-corrected chi connectivity index (χ3v) is 3.09. The number of ether oxygens (including phenoxy) is 1. The van der Waals surface area contributed by atoms with Crippen LogP contribution in [0, 0.1) is 12.7 Å². The second-order valence-electron chi connectivity index (χ2n) is 4.68. The SMILES string of the molecule is COc1ccc(C(Nc2cccc(C)c2)C(=O)O)cc1F. The number of anilines is 1. The summed E-state index contributed by atoms with van der Waals surface area (Å²) in [6.07, 6.45) is 0. The number of carboxylic acid groups (broad SMARTS) is 1. The smallest absolute Gasteiger partial charge is 0.330 e. The molecule has 2 aromatic carbocycles. The predicted octanol–water partition coefficient (Wildman–Crippen LogP) is 3.38. The van der Waals surface area contributed by atoms with E-state index in [1.807, 2.05) is 25.1 Å².